The third kappa shape index (κ3) is 2.52. The molecule has 148 valence electrons. The number of aliphatic hydroxyl groups is 3. The fourth-order valence-electron chi connectivity index (χ4n) is 6.93. The lowest BCUT2D eigenvalue weighted by atomic mass is 9.46. The summed E-state index contributed by atoms with van der Waals surface area (Å²) in [7, 11) is 0. The van der Waals surface area contributed by atoms with Gasteiger partial charge in [0.2, 0.25) is 5.78 Å². The summed E-state index contributed by atoms with van der Waals surface area (Å²) in [5.74, 6) is -0.273. The van der Waals surface area contributed by atoms with E-state index in [1.165, 1.54) is 0 Å². The van der Waals surface area contributed by atoms with Crippen molar-refractivity contribution >= 4 is 34.2 Å². The van der Waals surface area contributed by atoms with Crippen LogP contribution in [-0.2, 0) is 9.59 Å². The van der Waals surface area contributed by atoms with Crippen LogP contribution in [-0.4, -0.2) is 42.7 Å². The minimum absolute atomic E-state index is 0.00735. The molecule has 3 fully saturated rings. The van der Waals surface area contributed by atoms with E-state index in [1.54, 1.807) is 34.7 Å². The molecule has 6 heteroatoms. The van der Waals surface area contributed by atoms with E-state index in [9.17, 15) is 24.9 Å². The summed E-state index contributed by atoms with van der Waals surface area (Å²) in [5, 5.41) is 32.4. The van der Waals surface area contributed by atoms with E-state index in [-0.39, 0.29) is 29.0 Å². The Kier molecular flexibility index (Phi) is 4.54. The molecule has 0 radical (unpaired) electrons. The van der Waals surface area contributed by atoms with Gasteiger partial charge in [0.25, 0.3) is 0 Å². The number of carbonyl (C=O) groups excluding carboxylic acids is 2. The van der Waals surface area contributed by atoms with E-state index in [0.717, 1.165) is 18.4 Å². The monoisotopic (exact) mass is 486 g/mol. The number of Topliss-reactive ketones (excluding diaryl/α,β-unsaturated/α-hetero) is 1. The zero-order valence-corrected chi connectivity index (χ0v) is 17.8. The van der Waals surface area contributed by atoms with Gasteiger partial charge in [-0.25, -0.2) is 0 Å². The van der Waals surface area contributed by atoms with Gasteiger partial charge in [0.15, 0.2) is 9.89 Å². The third-order valence-electron chi connectivity index (χ3n) is 8.27. The molecular weight excluding hydrogens is 459 g/mol. The fourth-order valence-corrected chi connectivity index (χ4v) is 7.45. The number of ketones is 2. The Hall–Kier alpha value is -0.570. The van der Waals surface area contributed by atoms with Crippen LogP contribution in [0.5, 0.6) is 0 Å². The molecule has 0 spiro atoms. The molecule has 0 aromatic rings. The summed E-state index contributed by atoms with van der Waals surface area (Å²) in [4.78, 5) is 24.5. The molecule has 4 rings (SSSR count). The Balaban J connectivity index is 1.74. The van der Waals surface area contributed by atoms with Crippen LogP contribution in [0.15, 0.2) is 23.8 Å². The first-order chi connectivity index (χ1) is 12.5. The van der Waals surface area contributed by atoms with E-state index in [2.05, 4.69) is 6.92 Å². The number of halogens is 1. The third-order valence-corrected chi connectivity index (χ3v) is 8.84. The molecule has 0 amide bonds. The molecule has 0 aromatic heterocycles. The lowest BCUT2D eigenvalue weighted by Crippen LogP contribution is -2.62. The highest BCUT2D eigenvalue weighted by Gasteiger charge is 2.68. The topological polar surface area (TPSA) is 94.8 Å². The van der Waals surface area contributed by atoms with Crippen molar-refractivity contribution in [3.63, 3.8) is 0 Å². The van der Waals surface area contributed by atoms with Crippen molar-refractivity contribution in [3.8, 4) is 0 Å². The van der Waals surface area contributed by atoms with Crippen molar-refractivity contribution in [2.45, 2.75) is 61.8 Å². The van der Waals surface area contributed by atoms with Gasteiger partial charge >= 0.3 is 0 Å². The molecule has 0 heterocycles. The Morgan fingerprint density at radius 2 is 2.04 bits per heavy atom. The average molecular weight is 486 g/mol. The second-order valence-corrected chi connectivity index (χ2v) is 10.5. The molecule has 1 unspecified atom stereocenters. The van der Waals surface area contributed by atoms with Crippen LogP contribution in [0.3, 0.4) is 0 Å². The maximum atomic E-state index is 12.7. The first kappa shape index (κ1) is 19.7. The van der Waals surface area contributed by atoms with Crippen LogP contribution >= 0.6 is 22.6 Å². The summed E-state index contributed by atoms with van der Waals surface area (Å²) < 4.78 is -1.25. The van der Waals surface area contributed by atoms with Gasteiger partial charge in [-0.15, -0.1) is 0 Å². The quantitative estimate of drug-likeness (QED) is 0.412. The molecular formula is C21H27IO5. The maximum absolute atomic E-state index is 12.7. The number of alkyl halides is 1. The number of fused-ring (bicyclic) bond motifs is 5. The molecule has 0 aromatic carbocycles. The van der Waals surface area contributed by atoms with Gasteiger partial charge in [-0.2, -0.15) is 0 Å². The van der Waals surface area contributed by atoms with Crippen LogP contribution in [0.25, 0.3) is 0 Å². The Morgan fingerprint density at radius 1 is 1.33 bits per heavy atom. The molecule has 4 aliphatic rings. The number of rotatable bonds is 2. The molecule has 5 nitrogen and oxygen atoms in total. The summed E-state index contributed by atoms with van der Waals surface area (Å²) >= 11 is 1.64. The van der Waals surface area contributed by atoms with Gasteiger partial charge in [-0.05, 0) is 78.7 Å². The normalized spacial score (nSPS) is 49.7. The Labute approximate surface area is 173 Å². The summed E-state index contributed by atoms with van der Waals surface area (Å²) in [5.41, 5.74) is -1.61. The molecule has 3 N–H and O–H groups in total. The summed E-state index contributed by atoms with van der Waals surface area (Å²) in [6.07, 6.45) is 7.63. The number of allylic oxidation sites excluding steroid dienone is 4. The van der Waals surface area contributed by atoms with E-state index >= 15 is 0 Å². The van der Waals surface area contributed by atoms with Crippen molar-refractivity contribution in [3.05, 3.63) is 23.8 Å². The predicted molar refractivity (Wildman–Crippen MR) is 108 cm³/mol. The highest BCUT2D eigenvalue weighted by Crippen LogP contribution is 2.67. The van der Waals surface area contributed by atoms with Gasteiger partial charge < -0.3 is 15.3 Å². The average Bonchev–Trinajstić information content (AvgIpc) is 2.86. The lowest BCUT2D eigenvalue weighted by molar-refractivity contribution is -0.179. The second-order valence-electron chi connectivity index (χ2n) is 9.31. The van der Waals surface area contributed by atoms with Gasteiger partial charge in [0.05, 0.1) is 6.10 Å². The van der Waals surface area contributed by atoms with Crippen molar-refractivity contribution in [1.82, 2.24) is 0 Å². The maximum Gasteiger partial charge on any atom is 0.203 e. The van der Waals surface area contributed by atoms with Crippen molar-refractivity contribution < 1.29 is 24.9 Å². The number of hydrogen-bond acceptors (Lipinski definition) is 5. The van der Waals surface area contributed by atoms with Crippen molar-refractivity contribution in [1.29, 1.82) is 0 Å². The van der Waals surface area contributed by atoms with E-state index in [1.807, 2.05) is 13.0 Å². The summed E-state index contributed by atoms with van der Waals surface area (Å²) in [6, 6.07) is 0. The first-order valence-corrected chi connectivity index (χ1v) is 11.0. The smallest absolute Gasteiger partial charge is 0.203 e. The van der Waals surface area contributed by atoms with Crippen LogP contribution in [0, 0.1) is 28.6 Å². The minimum Gasteiger partial charge on any atom is -0.393 e. The molecule has 0 bridgehead atoms. The highest BCUT2D eigenvalue weighted by atomic mass is 127. The Morgan fingerprint density at radius 3 is 2.70 bits per heavy atom. The zero-order chi connectivity index (χ0) is 19.8. The van der Waals surface area contributed by atoms with Gasteiger partial charge in [0, 0.05) is 16.7 Å². The number of aliphatic hydroxyl groups excluding tert-OH is 2. The Bertz CT molecular complexity index is 758. The minimum atomic E-state index is -1.60. The standard InChI is InChI=1S/C21H27IO5/c1-19-7-5-12(23)9-11(19)3-4-13-14-6-8-21(27,17(25)18(22)26)20(14,2)10-15(24)16(13)19/h5,7,9,13-16,18,24,26-27H,3-4,6,8,10H2,1-2H3/t13-,14-,15-,16+,18?,19-,20-,21-/m0/s1. The van der Waals surface area contributed by atoms with Crippen LogP contribution < -0.4 is 0 Å². The van der Waals surface area contributed by atoms with Crippen molar-refractivity contribution in [2.75, 3.05) is 0 Å². The largest absolute Gasteiger partial charge is 0.393 e. The zero-order valence-electron chi connectivity index (χ0n) is 15.7. The first-order valence-electron chi connectivity index (χ1n) is 9.76. The summed E-state index contributed by atoms with van der Waals surface area (Å²) in [6.45, 7) is 4.01. The van der Waals surface area contributed by atoms with E-state index < -0.39 is 27.0 Å². The van der Waals surface area contributed by atoms with E-state index in [4.69, 9.17) is 0 Å². The van der Waals surface area contributed by atoms with Gasteiger partial charge in [0.1, 0.15) is 5.60 Å². The molecule has 4 aliphatic carbocycles. The second kappa shape index (κ2) is 6.21. The van der Waals surface area contributed by atoms with Gasteiger partial charge in [-0.3, -0.25) is 9.59 Å². The number of hydrogen-bond donors (Lipinski definition) is 3. The SMILES string of the molecule is C[C@]12C=CC(=O)C=C1CC[C@@H]1[C@@H]2[C@@H](O)C[C@@]2(C)[C@H]1CC[C@]2(O)C(=O)C(O)I. The van der Waals surface area contributed by atoms with Crippen molar-refractivity contribution in [2.24, 2.45) is 28.6 Å². The van der Waals surface area contributed by atoms with Gasteiger partial charge in [-0.1, -0.05) is 25.5 Å². The number of carbonyl (C=O) groups is 2. The van der Waals surface area contributed by atoms with Crippen LogP contribution in [0.4, 0.5) is 0 Å². The fraction of sp³-hybridized carbons (Fsp3) is 0.714. The molecule has 8 atom stereocenters. The molecule has 0 aliphatic heterocycles. The van der Waals surface area contributed by atoms with Crippen LogP contribution in [0.2, 0.25) is 0 Å². The highest BCUT2D eigenvalue weighted by molar-refractivity contribution is 14.1. The molecule has 0 saturated heterocycles. The van der Waals surface area contributed by atoms with Crippen LogP contribution in [0.1, 0.15) is 46.0 Å². The van der Waals surface area contributed by atoms with E-state index in [0.29, 0.717) is 19.3 Å². The molecule has 3 saturated carbocycles. The predicted octanol–water partition coefficient (Wildman–Crippen LogP) is 2.32. The lowest BCUT2D eigenvalue weighted by Gasteiger charge is -2.59. The molecule has 27 heavy (non-hydrogen) atoms.